The summed E-state index contributed by atoms with van der Waals surface area (Å²) < 4.78 is 5.73. The lowest BCUT2D eigenvalue weighted by atomic mass is 9.57. The number of Topliss-reactive ketones (excluding diaryl/α,β-unsaturated/α-hetero) is 2. The molecule has 244 valence electrons. The van der Waals surface area contributed by atoms with E-state index in [2.05, 4.69) is 13.0 Å². The minimum absolute atomic E-state index is 0.0365. The number of primary amides is 1. The summed E-state index contributed by atoms with van der Waals surface area (Å²) in [7, 11) is 4.82. The number of ether oxygens (including phenoxy) is 1. The summed E-state index contributed by atoms with van der Waals surface area (Å²) in [4.78, 5) is 41.2. The van der Waals surface area contributed by atoms with Crippen LogP contribution >= 0.6 is 0 Å². The Balaban J connectivity index is 1.46. The van der Waals surface area contributed by atoms with Gasteiger partial charge in [0.1, 0.15) is 28.6 Å². The Bertz CT molecular complexity index is 1700. The van der Waals surface area contributed by atoms with Crippen molar-refractivity contribution >= 4 is 23.2 Å². The predicted octanol–water partition coefficient (Wildman–Crippen LogP) is 4.01. The van der Waals surface area contributed by atoms with Crippen LogP contribution in [0.4, 0.5) is 0 Å². The number of benzene rings is 2. The largest absolute Gasteiger partial charge is 0.508 e. The summed E-state index contributed by atoms with van der Waals surface area (Å²) >= 11 is 0. The Labute approximate surface area is 268 Å². The Kier molecular flexibility index (Phi) is 8.01. The molecule has 10 heteroatoms. The van der Waals surface area contributed by atoms with Gasteiger partial charge >= 0.3 is 0 Å². The van der Waals surface area contributed by atoms with Crippen molar-refractivity contribution in [2.24, 2.45) is 29.4 Å². The molecule has 2 aromatic carbocycles. The lowest BCUT2D eigenvalue weighted by Gasteiger charge is -2.50. The van der Waals surface area contributed by atoms with Crippen molar-refractivity contribution in [3.63, 3.8) is 0 Å². The van der Waals surface area contributed by atoms with Gasteiger partial charge in [0.05, 0.1) is 18.7 Å². The van der Waals surface area contributed by atoms with Gasteiger partial charge in [-0.05, 0) is 104 Å². The molecule has 4 aliphatic carbocycles. The minimum Gasteiger partial charge on any atom is -0.508 e. The van der Waals surface area contributed by atoms with Crippen molar-refractivity contribution in [1.82, 2.24) is 4.90 Å². The number of nitrogens with zero attached hydrogens (tertiary/aromatic N) is 1. The van der Waals surface area contributed by atoms with E-state index in [1.165, 1.54) is 23.8 Å². The number of carbonyl (C=O) groups is 3. The number of methoxy groups -OCH3 is 1. The van der Waals surface area contributed by atoms with E-state index in [0.717, 1.165) is 47.6 Å². The zero-order chi connectivity index (χ0) is 33.2. The Morgan fingerprint density at radius 3 is 2.39 bits per heavy atom. The van der Waals surface area contributed by atoms with Crippen LogP contribution in [0.25, 0.3) is 16.9 Å². The first-order chi connectivity index (χ1) is 21.8. The molecule has 0 spiro atoms. The molecule has 6 N–H and O–H groups in total. The van der Waals surface area contributed by atoms with E-state index >= 15 is 0 Å². The normalized spacial score (nSPS) is 29.4. The SMILES string of the molecule is COc1ccc(-c2ccc(O)c3c2C[C@H]2C[C@H]4[C@H](N(C)C)C(=O)C(C(N)=O)=C(O)[C@@]4(O)C(=O)C2=C3O)cc1CC1CCC(C)CC1. The van der Waals surface area contributed by atoms with Crippen LogP contribution in [0.3, 0.4) is 0 Å². The smallest absolute Gasteiger partial charge is 0.255 e. The molecule has 1 amide bonds. The highest BCUT2D eigenvalue weighted by molar-refractivity contribution is 6.24. The van der Waals surface area contributed by atoms with E-state index < -0.39 is 58.0 Å². The number of aliphatic hydroxyl groups excluding tert-OH is 2. The molecule has 46 heavy (non-hydrogen) atoms. The van der Waals surface area contributed by atoms with E-state index in [4.69, 9.17) is 10.5 Å². The topological polar surface area (TPSA) is 171 Å². The van der Waals surface area contributed by atoms with Crippen LogP contribution in [-0.4, -0.2) is 75.6 Å². The summed E-state index contributed by atoms with van der Waals surface area (Å²) in [6, 6.07) is 8.10. The van der Waals surface area contributed by atoms with Gasteiger partial charge < -0.3 is 30.9 Å². The number of phenolic OH excluding ortho intramolecular Hbond substituents is 1. The number of aliphatic hydroxyl groups is 3. The second-order valence-electron chi connectivity index (χ2n) is 13.8. The molecule has 2 fully saturated rings. The van der Waals surface area contributed by atoms with Gasteiger partial charge in [-0.15, -0.1) is 0 Å². The first kappa shape index (κ1) is 31.8. The maximum absolute atomic E-state index is 14.1. The molecule has 0 aromatic heterocycles. The summed E-state index contributed by atoms with van der Waals surface area (Å²) in [6.07, 6.45) is 5.88. The number of amides is 1. The van der Waals surface area contributed by atoms with Crippen LogP contribution in [0, 0.1) is 23.7 Å². The van der Waals surface area contributed by atoms with Gasteiger partial charge in [0, 0.05) is 11.5 Å². The molecule has 2 saturated carbocycles. The molecule has 4 atom stereocenters. The lowest BCUT2D eigenvalue weighted by molar-refractivity contribution is -0.153. The van der Waals surface area contributed by atoms with Gasteiger partial charge in [0.15, 0.2) is 11.4 Å². The summed E-state index contributed by atoms with van der Waals surface area (Å²) in [6.45, 7) is 2.30. The number of phenols is 1. The van der Waals surface area contributed by atoms with Crippen molar-refractivity contribution in [3.8, 4) is 22.6 Å². The number of likely N-dealkylation sites (N-methyl/N-ethyl adjacent to an activating group) is 1. The number of aromatic hydroxyl groups is 1. The first-order valence-electron chi connectivity index (χ1n) is 16.0. The van der Waals surface area contributed by atoms with Gasteiger partial charge in [-0.25, -0.2) is 0 Å². The van der Waals surface area contributed by atoms with Crippen molar-refractivity contribution in [1.29, 1.82) is 0 Å². The monoisotopic (exact) mass is 630 g/mol. The lowest BCUT2D eigenvalue weighted by Crippen LogP contribution is -2.65. The van der Waals surface area contributed by atoms with E-state index in [1.807, 2.05) is 12.1 Å². The highest BCUT2D eigenvalue weighted by atomic mass is 16.5. The van der Waals surface area contributed by atoms with Crippen molar-refractivity contribution < 1.29 is 39.5 Å². The fourth-order valence-corrected chi connectivity index (χ4v) is 8.46. The summed E-state index contributed by atoms with van der Waals surface area (Å²) in [5, 5.41) is 45.6. The third-order valence-electron chi connectivity index (χ3n) is 10.8. The van der Waals surface area contributed by atoms with E-state index in [-0.39, 0.29) is 29.7 Å². The molecule has 4 aliphatic rings. The maximum atomic E-state index is 14.1. The summed E-state index contributed by atoms with van der Waals surface area (Å²) in [5.41, 5.74) is 5.19. The van der Waals surface area contributed by atoms with Crippen LogP contribution in [0.15, 0.2) is 47.2 Å². The second kappa shape index (κ2) is 11.6. The third-order valence-corrected chi connectivity index (χ3v) is 10.8. The van der Waals surface area contributed by atoms with Crippen LogP contribution in [0.1, 0.15) is 55.7 Å². The average Bonchev–Trinajstić information content (AvgIpc) is 3.00. The molecular weight excluding hydrogens is 588 g/mol. The molecule has 6 rings (SSSR count). The van der Waals surface area contributed by atoms with Crippen LogP contribution in [0.5, 0.6) is 11.5 Å². The zero-order valence-electron chi connectivity index (χ0n) is 26.7. The molecule has 0 aliphatic heterocycles. The van der Waals surface area contributed by atoms with Gasteiger partial charge in [-0.2, -0.15) is 0 Å². The number of hydrogen-bond donors (Lipinski definition) is 5. The molecule has 10 nitrogen and oxygen atoms in total. The molecule has 0 bridgehead atoms. The molecule has 0 saturated heterocycles. The van der Waals surface area contributed by atoms with E-state index in [1.54, 1.807) is 27.3 Å². The maximum Gasteiger partial charge on any atom is 0.255 e. The number of fused-ring (bicyclic) bond motifs is 3. The Morgan fingerprint density at radius 2 is 1.76 bits per heavy atom. The predicted molar refractivity (Wildman–Crippen MR) is 171 cm³/mol. The molecule has 2 aromatic rings. The number of rotatable bonds is 6. The summed E-state index contributed by atoms with van der Waals surface area (Å²) in [5.74, 6) is -4.57. The number of ketones is 2. The molecule has 0 unspecified atom stereocenters. The van der Waals surface area contributed by atoms with Crippen LogP contribution in [-0.2, 0) is 27.2 Å². The fraction of sp³-hybridized carbons (Fsp3) is 0.472. The van der Waals surface area contributed by atoms with Gasteiger partial charge in [0.25, 0.3) is 5.91 Å². The molecule has 0 heterocycles. The number of hydrogen-bond acceptors (Lipinski definition) is 9. The van der Waals surface area contributed by atoms with E-state index in [0.29, 0.717) is 11.5 Å². The third kappa shape index (κ3) is 4.81. The average molecular weight is 631 g/mol. The number of carbonyl (C=O) groups excluding carboxylic acids is 3. The fourth-order valence-electron chi connectivity index (χ4n) is 8.46. The highest BCUT2D eigenvalue weighted by Gasteiger charge is 2.64. The van der Waals surface area contributed by atoms with E-state index in [9.17, 15) is 34.8 Å². The van der Waals surface area contributed by atoms with Gasteiger partial charge in [-0.3, -0.25) is 19.3 Å². The van der Waals surface area contributed by atoms with Gasteiger partial charge in [0.2, 0.25) is 5.78 Å². The van der Waals surface area contributed by atoms with Gasteiger partial charge in [-0.1, -0.05) is 31.9 Å². The Hall–Kier alpha value is -4.15. The number of nitrogens with two attached hydrogens (primary N) is 1. The zero-order valence-corrected chi connectivity index (χ0v) is 26.7. The molecular formula is C36H42N2O8. The quantitative estimate of drug-likeness (QED) is 0.296. The minimum atomic E-state index is -2.67. The van der Waals surface area contributed by atoms with Crippen molar-refractivity contribution in [2.45, 2.75) is 63.5 Å². The van der Waals surface area contributed by atoms with Crippen molar-refractivity contribution in [2.75, 3.05) is 21.2 Å². The highest BCUT2D eigenvalue weighted by Crippen LogP contribution is 2.53. The standard InChI is InChI=1S/C36H42N2O8/c1-17-5-7-18(8-6-17)13-20-14-19(9-12-26(20)46-4)22-10-11-25(39)28-23(22)15-21-16-24-30(38(2)3)32(41)29(35(37)44)34(43)36(24,45)33(42)27(21)31(28)40/h9-12,14,17-18,21,24,30,39-40,43,45H,5-8,13,15-16H2,1-4H3,(H2,37,44)/t17?,18?,21-,24-,30-,36-/m0/s1. The van der Waals surface area contributed by atoms with Crippen molar-refractivity contribution in [3.05, 3.63) is 63.9 Å². The second-order valence-corrected chi connectivity index (χ2v) is 13.8. The molecule has 0 radical (unpaired) electrons. The first-order valence-corrected chi connectivity index (χ1v) is 16.0. The van der Waals surface area contributed by atoms with Crippen LogP contribution < -0.4 is 10.5 Å². The van der Waals surface area contributed by atoms with Crippen LogP contribution in [0.2, 0.25) is 0 Å². The Morgan fingerprint density at radius 1 is 1.07 bits per heavy atom.